The number of hydrogen-bond acceptors (Lipinski definition) is 5. The zero-order chi connectivity index (χ0) is 17.1. The average molecular weight is 372 g/mol. The van der Waals surface area contributed by atoms with Crippen LogP contribution in [-0.2, 0) is 17.0 Å². The first-order valence-corrected chi connectivity index (χ1v) is 10.4. The largest absolute Gasteiger partial charge is 0.376 e. The number of aryl methyl sites for hydroxylation is 1. The van der Waals surface area contributed by atoms with E-state index >= 15 is 0 Å². The normalized spacial score (nSPS) is 17.2. The molecule has 6 heteroatoms. The number of rotatable bonds is 6. The SMILES string of the molecule is Cc1ccccc1CSc1nnc(-c2cccs2)n1CC1CCCO1. The third kappa shape index (κ3) is 3.81. The van der Waals surface area contributed by atoms with E-state index in [1.165, 1.54) is 11.1 Å². The van der Waals surface area contributed by atoms with Gasteiger partial charge in [0.1, 0.15) is 0 Å². The van der Waals surface area contributed by atoms with E-state index in [-0.39, 0.29) is 6.10 Å². The van der Waals surface area contributed by atoms with Gasteiger partial charge in [0, 0.05) is 12.4 Å². The number of thioether (sulfide) groups is 1. The Balaban J connectivity index is 1.59. The van der Waals surface area contributed by atoms with E-state index in [1.807, 2.05) is 0 Å². The Morgan fingerprint density at radius 3 is 2.92 bits per heavy atom. The van der Waals surface area contributed by atoms with Crippen LogP contribution in [0, 0.1) is 6.92 Å². The van der Waals surface area contributed by atoms with Crippen molar-refractivity contribution in [3.63, 3.8) is 0 Å². The molecule has 3 aromatic rings. The summed E-state index contributed by atoms with van der Waals surface area (Å²) in [6.45, 7) is 3.85. The van der Waals surface area contributed by atoms with Crippen LogP contribution < -0.4 is 0 Å². The van der Waals surface area contributed by atoms with Gasteiger partial charge >= 0.3 is 0 Å². The number of nitrogens with zero attached hydrogens (tertiary/aromatic N) is 3. The van der Waals surface area contributed by atoms with E-state index in [0.29, 0.717) is 0 Å². The molecule has 1 aromatic carbocycles. The zero-order valence-electron chi connectivity index (χ0n) is 14.2. The van der Waals surface area contributed by atoms with Gasteiger partial charge in [0.25, 0.3) is 0 Å². The maximum Gasteiger partial charge on any atom is 0.191 e. The van der Waals surface area contributed by atoms with E-state index in [9.17, 15) is 0 Å². The number of ether oxygens (including phenoxy) is 1. The monoisotopic (exact) mass is 371 g/mol. The van der Waals surface area contributed by atoms with Crippen LogP contribution >= 0.6 is 23.1 Å². The minimum atomic E-state index is 0.271. The molecule has 3 heterocycles. The quantitative estimate of drug-likeness (QED) is 0.584. The Labute approximate surface area is 156 Å². The average Bonchev–Trinajstić information content (AvgIpc) is 3.37. The minimum Gasteiger partial charge on any atom is -0.376 e. The first kappa shape index (κ1) is 16.8. The maximum atomic E-state index is 5.85. The van der Waals surface area contributed by atoms with Gasteiger partial charge in [-0.15, -0.1) is 21.5 Å². The fourth-order valence-electron chi connectivity index (χ4n) is 3.05. The van der Waals surface area contributed by atoms with Gasteiger partial charge in [0.05, 0.1) is 17.5 Å². The van der Waals surface area contributed by atoms with Crippen LogP contribution in [0.3, 0.4) is 0 Å². The first-order chi connectivity index (χ1) is 12.3. The Morgan fingerprint density at radius 2 is 2.16 bits per heavy atom. The molecule has 0 N–H and O–H groups in total. The van der Waals surface area contributed by atoms with Crippen molar-refractivity contribution in [1.82, 2.24) is 14.8 Å². The van der Waals surface area contributed by atoms with E-state index < -0.39 is 0 Å². The van der Waals surface area contributed by atoms with E-state index in [1.54, 1.807) is 23.1 Å². The minimum absolute atomic E-state index is 0.271. The van der Waals surface area contributed by atoms with Crippen LogP contribution in [0.5, 0.6) is 0 Å². The summed E-state index contributed by atoms with van der Waals surface area (Å²) < 4.78 is 8.09. The fraction of sp³-hybridized carbons (Fsp3) is 0.368. The second-order valence-electron chi connectivity index (χ2n) is 6.24. The van der Waals surface area contributed by atoms with Gasteiger partial charge in [0.2, 0.25) is 0 Å². The van der Waals surface area contributed by atoms with Crippen LogP contribution in [-0.4, -0.2) is 27.5 Å². The molecule has 2 aromatic heterocycles. The van der Waals surface area contributed by atoms with E-state index in [2.05, 4.69) is 63.5 Å². The summed E-state index contributed by atoms with van der Waals surface area (Å²) in [7, 11) is 0. The molecule has 25 heavy (non-hydrogen) atoms. The Bertz CT molecular complexity index is 823. The van der Waals surface area contributed by atoms with E-state index in [4.69, 9.17) is 4.74 Å². The Morgan fingerprint density at radius 1 is 1.24 bits per heavy atom. The van der Waals surface area contributed by atoms with Gasteiger partial charge in [-0.2, -0.15) is 0 Å². The maximum absolute atomic E-state index is 5.85. The molecule has 0 spiro atoms. The van der Waals surface area contributed by atoms with Crippen molar-refractivity contribution < 1.29 is 4.74 Å². The molecule has 4 rings (SSSR count). The summed E-state index contributed by atoms with van der Waals surface area (Å²) in [5, 5.41) is 12.0. The summed E-state index contributed by atoms with van der Waals surface area (Å²) in [5.74, 6) is 1.86. The smallest absolute Gasteiger partial charge is 0.191 e. The fourth-order valence-corrected chi connectivity index (χ4v) is 4.80. The van der Waals surface area contributed by atoms with Crippen LogP contribution in [0.1, 0.15) is 24.0 Å². The molecule has 1 aliphatic heterocycles. The number of aromatic nitrogens is 3. The molecule has 1 saturated heterocycles. The van der Waals surface area contributed by atoms with Crippen molar-refractivity contribution >= 4 is 23.1 Å². The highest BCUT2D eigenvalue weighted by Gasteiger charge is 2.22. The molecular formula is C19H21N3OS2. The molecule has 0 bridgehead atoms. The number of hydrogen-bond donors (Lipinski definition) is 0. The van der Waals surface area contributed by atoms with E-state index in [0.717, 1.165) is 47.6 Å². The lowest BCUT2D eigenvalue weighted by Crippen LogP contribution is -2.16. The van der Waals surface area contributed by atoms with Gasteiger partial charge < -0.3 is 4.74 Å². The van der Waals surface area contributed by atoms with Crippen LogP contribution in [0.4, 0.5) is 0 Å². The van der Waals surface area contributed by atoms with Crippen molar-refractivity contribution in [3.8, 4) is 10.7 Å². The third-order valence-corrected chi connectivity index (χ3v) is 6.37. The molecule has 1 unspecified atom stereocenters. The molecular weight excluding hydrogens is 350 g/mol. The second-order valence-corrected chi connectivity index (χ2v) is 8.13. The standard InChI is InChI=1S/C19H21N3OS2/c1-14-6-2-3-7-15(14)13-25-19-21-20-18(17-9-5-11-24-17)22(19)12-16-8-4-10-23-16/h2-3,5-7,9,11,16H,4,8,10,12-13H2,1H3. The Kier molecular flexibility index (Phi) is 5.20. The molecule has 0 aliphatic carbocycles. The highest BCUT2D eigenvalue weighted by Crippen LogP contribution is 2.30. The molecule has 0 saturated carbocycles. The predicted molar refractivity (Wildman–Crippen MR) is 103 cm³/mol. The Hall–Kier alpha value is -1.63. The lowest BCUT2D eigenvalue weighted by molar-refractivity contribution is 0.0953. The summed E-state index contributed by atoms with van der Waals surface area (Å²) in [6.07, 6.45) is 2.53. The van der Waals surface area contributed by atoms with Gasteiger partial charge in [-0.25, -0.2) is 0 Å². The van der Waals surface area contributed by atoms with Crippen LogP contribution in [0.25, 0.3) is 10.7 Å². The highest BCUT2D eigenvalue weighted by molar-refractivity contribution is 7.98. The van der Waals surface area contributed by atoms with Crippen LogP contribution in [0.15, 0.2) is 46.9 Å². The van der Waals surface area contributed by atoms with Gasteiger partial charge in [-0.1, -0.05) is 42.1 Å². The van der Waals surface area contributed by atoms with Crippen LogP contribution in [0.2, 0.25) is 0 Å². The van der Waals surface area contributed by atoms with Gasteiger partial charge in [-0.3, -0.25) is 4.57 Å². The van der Waals surface area contributed by atoms with Gasteiger partial charge in [0.15, 0.2) is 11.0 Å². The summed E-state index contributed by atoms with van der Waals surface area (Å²) >= 11 is 3.46. The molecule has 1 aliphatic rings. The zero-order valence-corrected chi connectivity index (χ0v) is 15.9. The topological polar surface area (TPSA) is 39.9 Å². The summed E-state index contributed by atoms with van der Waals surface area (Å²) in [4.78, 5) is 1.16. The van der Waals surface area contributed by atoms with Crippen molar-refractivity contribution in [1.29, 1.82) is 0 Å². The van der Waals surface area contributed by atoms with Gasteiger partial charge in [-0.05, 0) is 42.3 Å². The van der Waals surface area contributed by atoms with Crippen molar-refractivity contribution in [2.45, 2.75) is 43.3 Å². The molecule has 0 amide bonds. The van der Waals surface area contributed by atoms with Crippen molar-refractivity contribution in [3.05, 3.63) is 52.9 Å². The third-order valence-electron chi connectivity index (χ3n) is 4.49. The lowest BCUT2D eigenvalue weighted by Gasteiger charge is -2.14. The molecule has 0 radical (unpaired) electrons. The van der Waals surface area contributed by atoms with Crippen molar-refractivity contribution in [2.75, 3.05) is 6.61 Å². The summed E-state index contributed by atoms with van der Waals surface area (Å²) in [5.41, 5.74) is 2.66. The molecule has 1 atom stereocenters. The highest BCUT2D eigenvalue weighted by atomic mass is 32.2. The lowest BCUT2D eigenvalue weighted by atomic mass is 10.1. The number of benzene rings is 1. The van der Waals surface area contributed by atoms with Crippen molar-refractivity contribution in [2.24, 2.45) is 0 Å². The molecule has 1 fully saturated rings. The number of thiophene rings is 1. The second kappa shape index (κ2) is 7.72. The predicted octanol–water partition coefficient (Wildman–Crippen LogP) is 4.79. The summed E-state index contributed by atoms with van der Waals surface area (Å²) in [6, 6.07) is 12.7. The molecule has 130 valence electrons. The molecule has 4 nitrogen and oxygen atoms in total. The first-order valence-electron chi connectivity index (χ1n) is 8.57.